The van der Waals surface area contributed by atoms with Crippen LogP contribution in [0.4, 0.5) is 0 Å². The number of hydrogen-bond donors (Lipinski definition) is 0. The van der Waals surface area contributed by atoms with Crippen molar-refractivity contribution in [3.63, 3.8) is 0 Å². The quantitative estimate of drug-likeness (QED) is 0.380. The van der Waals surface area contributed by atoms with Gasteiger partial charge in [-0.3, -0.25) is 0 Å². The molecule has 0 heterocycles. The Labute approximate surface area is 173 Å². The first-order valence-electron chi connectivity index (χ1n) is 7.02. The molecule has 21 heavy (non-hydrogen) atoms. The van der Waals surface area contributed by atoms with Crippen LogP contribution >= 0.6 is 0 Å². The smallest absolute Gasteiger partial charge is 1.00 e. The molecule has 2 rings (SSSR count). The fourth-order valence-electron chi connectivity index (χ4n) is 2.05. The third kappa shape index (κ3) is 11.1. The molecule has 0 unspecified atom stereocenters. The number of benzene rings is 1. The molecular weight excluding hydrogens is 483 g/mol. The van der Waals surface area contributed by atoms with Gasteiger partial charge in [0.25, 0.3) is 0 Å². The Hall–Kier alpha value is 0.890. The Bertz CT molecular complexity index is 420. The van der Waals surface area contributed by atoms with Gasteiger partial charge in [-0.25, -0.2) is 0 Å². The van der Waals surface area contributed by atoms with E-state index in [-0.39, 0.29) is 60.2 Å². The second-order valence-corrected chi connectivity index (χ2v) is 6.96. The van der Waals surface area contributed by atoms with Crippen LogP contribution in [0.5, 0.6) is 0 Å². The van der Waals surface area contributed by atoms with Crippen molar-refractivity contribution in [1.29, 1.82) is 0 Å². The van der Waals surface area contributed by atoms with E-state index in [0.29, 0.717) is 0 Å². The molecule has 3 radical (unpaired) electrons. The third-order valence-electron chi connectivity index (χ3n) is 2.82. The largest absolute Gasteiger partial charge is 3.00 e. The standard InChI is InChI=1S/C13H15.C4H10Si.2BrH.Zr/c1-10(2)7-11-8-12-5-3-4-6-13(12)9-11;1-3-5-4-2;;;/h3-6,8-10H,7H2,1-2H3;3-4H2,1-2H3;2*1H;/q-1;;;;+3/p-2. The van der Waals surface area contributed by atoms with Gasteiger partial charge in [0.2, 0.25) is 0 Å². The second kappa shape index (κ2) is 15.8. The molecule has 0 saturated heterocycles. The summed E-state index contributed by atoms with van der Waals surface area (Å²) in [6.07, 6.45) is 1.19. The normalized spacial score (nSPS) is 9.00. The van der Waals surface area contributed by atoms with Crippen molar-refractivity contribution < 1.29 is 60.2 Å². The van der Waals surface area contributed by atoms with E-state index < -0.39 is 0 Å². The number of rotatable bonds is 4. The topological polar surface area (TPSA) is 0 Å². The minimum Gasteiger partial charge on any atom is -1.00 e. The van der Waals surface area contributed by atoms with E-state index in [4.69, 9.17) is 0 Å². The average molecular weight is 509 g/mol. The van der Waals surface area contributed by atoms with Gasteiger partial charge < -0.3 is 34.0 Å². The summed E-state index contributed by atoms with van der Waals surface area (Å²) < 4.78 is 0. The summed E-state index contributed by atoms with van der Waals surface area (Å²) in [5.74, 6) is 0.747. The van der Waals surface area contributed by atoms with Crippen LogP contribution in [0.15, 0.2) is 36.4 Å². The predicted molar refractivity (Wildman–Crippen MR) is 84.8 cm³/mol. The van der Waals surface area contributed by atoms with E-state index in [1.807, 2.05) is 0 Å². The summed E-state index contributed by atoms with van der Waals surface area (Å²) in [6.45, 7) is 8.97. The van der Waals surface area contributed by atoms with E-state index in [1.54, 1.807) is 0 Å². The van der Waals surface area contributed by atoms with E-state index in [2.05, 4.69) is 64.1 Å². The van der Waals surface area contributed by atoms with E-state index in [0.717, 1.165) is 5.92 Å². The van der Waals surface area contributed by atoms with Crippen LogP contribution in [0, 0.1) is 5.92 Å². The molecule has 0 nitrogen and oxygen atoms in total. The summed E-state index contributed by atoms with van der Waals surface area (Å²) in [5.41, 5.74) is 1.47. The molecule has 2 aromatic rings. The minimum absolute atomic E-state index is 0. The first-order chi connectivity index (χ1) is 8.67. The Balaban J connectivity index is -0.000000360. The van der Waals surface area contributed by atoms with Crippen LogP contribution in [-0.2, 0) is 32.6 Å². The van der Waals surface area contributed by atoms with Crippen molar-refractivity contribution in [1.82, 2.24) is 0 Å². The summed E-state index contributed by atoms with van der Waals surface area (Å²) in [5, 5.41) is 2.75. The molecule has 4 heteroatoms. The zero-order chi connectivity index (χ0) is 13.4. The molecule has 0 bridgehead atoms. The average Bonchev–Trinajstić information content (AvgIpc) is 2.71. The molecule has 0 aliphatic carbocycles. The predicted octanol–water partition coefficient (Wildman–Crippen LogP) is -0.670. The van der Waals surface area contributed by atoms with Crippen LogP contribution in [0.2, 0.25) is 12.1 Å². The molecular formula is C17H25Br2SiZr. The Morgan fingerprint density at radius 3 is 2.05 bits per heavy atom. The van der Waals surface area contributed by atoms with Crippen molar-refractivity contribution in [2.75, 3.05) is 0 Å². The van der Waals surface area contributed by atoms with Gasteiger partial charge in [0, 0.05) is 9.52 Å². The fourth-order valence-corrected chi connectivity index (χ4v) is 2.55. The maximum absolute atomic E-state index is 2.30. The van der Waals surface area contributed by atoms with Crippen molar-refractivity contribution >= 4 is 20.3 Å². The molecule has 0 aliphatic heterocycles. The van der Waals surface area contributed by atoms with Crippen molar-refractivity contribution in [2.45, 2.75) is 46.2 Å². The molecule has 0 amide bonds. The maximum Gasteiger partial charge on any atom is 3.00 e. The molecule has 0 saturated carbocycles. The monoisotopic (exact) mass is 505 g/mol. The van der Waals surface area contributed by atoms with Crippen LogP contribution in [0.1, 0.15) is 33.3 Å². The van der Waals surface area contributed by atoms with Gasteiger partial charge in [-0.15, -0.1) is 40.6 Å². The Morgan fingerprint density at radius 2 is 1.62 bits per heavy atom. The number of fused-ring (bicyclic) bond motifs is 1. The number of halogens is 2. The molecule has 0 aromatic heterocycles. The first-order valence-corrected chi connectivity index (χ1v) is 8.43. The van der Waals surface area contributed by atoms with Crippen LogP contribution in [0.3, 0.4) is 0 Å². The molecule has 0 aliphatic rings. The van der Waals surface area contributed by atoms with E-state index >= 15 is 0 Å². The molecule has 2 aromatic carbocycles. The van der Waals surface area contributed by atoms with Gasteiger partial charge >= 0.3 is 26.2 Å². The van der Waals surface area contributed by atoms with E-state index in [9.17, 15) is 0 Å². The van der Waals surface area contributed by atoms with Crippen molar-refractivity contribution in [3.8, 4) is 0 Å². The van der Waals surface area contributed by atoms with Crippen LogP contribution in [0.25, 0.3) is 10.8 Å². The van der Waals surface area contributed by atoms with Gasteiger partial charge in [-0.05, 0) is 12.3 Å². The number of hydrogen-bond acceptors (Lipinski definition) is 0. The van der Waals surface area contributed by atoms with Gasteiger partial charge in [0.05, 0.1) is 0 Å². The molecule has 0 N–H and O–H groups in total. The second-order valence-electron chi connectivity index (χ2n) is 5.05. The SMILES string of the molecule is CC(C)Cc1cc2ccccc2[cH-]1.CC[Si]CC.[Br-].[Br-].[Zr+3]. The fraction of sp³-hybridized carbons (Fsp3) is 0.471. The minimum atomic E-state index is 0. The van der Waals surface area contributed by atoms with Crippen LogP contribution in [-0.4, -0.2) is 9.52 Å². The maximum atomic E-state index is 2.30. The summed E-state index contributed by atoms with van der Waals surface area (Å²) >= 11 is 0. The van der Waals surface area contributed by atoms with Gasteiger partial charge in [0.1, 0.15) is 0 Å². The zero-order valence-corrected chi connectivity index (χ0v) is 20.0. The molecule has 0 fully saturated rings. The van der Waals surface area contributed by atoms with Gasteiger partial charge in [0.15, 0.2) is 0 Å². The van der Waals surface area contributed by atoms with Crippen molar-refractivity contribution in [3.05, 3.63) is 42.0 Å². The molecule has 0 spiro atoms. The molecule has 115 valence electrons. The molecule has 0 atom stereocenters. The van der Waals surface area contributed by atoms with Gasteiger partial charge in [-0.2, -0.15) is 6.07 Å². The summed E-state index contributed by atoms with van der Waals surface area (Å²) in [4.78, 5) is 0. The summed E-state index contributed by atoms with van der Waals surface area (Å²) in [7, 11) is 1.20. The van der Waals surface area contributed by atoms with Gasteiger partial charge in [-0.1, -0.05) is 45.8 Å². The zero-order valence-electron chi connectivity index (χ0n) is 13.4. The Kier molecular flexibility index (Phi) is 20.1. The van der Waals surface area contributed by atoms with E-state index in [1.165, 1.54) is 44.4 Å². The Morgan fingerprint density at radius 1 is 1.05 bits per heavy atom. The third-order valence-corrected chi connectivity index (χ3v) is 3.82. The van der Waals surface area contributed by atoms with Crippen LogP contribution < -0.4 is 34.0 Å². The van der Waals surface area contributed by atoms with Crippen molar-refractivity contribution in [2.24, 2.45) is 5.92 Å². The first kappa shape index (κ1) is 26.8. The summed E-state index contributed by atoms with van der Waals surface area (Å²) in [6, 6.07) is 15.9.